The fraction of sp³-hybridized carbons (Fsp3) is 0.333. The van der Waals surface area contributed by atoms with Crippen molar-refractivity contribution in [3.8, 4) is 0 Å². The van der Waals surface area contributed by atoms with E-state index in [1.807, 2.05) is 0 Å². The minimum Gasteiger partial charge on any atom is -0.293 e. The van der Waals surface area contributed by atoms with E-state index in [2.05, 4.69) is 15.3 Å². The third-order valence-corrected chi connectivity index (χ3v) is 1.18. The van der Waals surface area contributed by atoms with Crippen LogP contribution in [0.25, 0.3) is 0 Å². The van der Waals surface area contributed by atoms with Crippen LogP contribution in [0.1, 0.15) is 13.8 Å². The fourth-order valence-corrected chi connectivity index (χ4v) is 0.491. The second-order valence-electron chi connectivity index (χ2n) is 2.08. The van der Waals surface area contributed by atoms with Crippen LogP contribution in [0.2, 0.25) is 0 Å². The minimum absolute atomic E-state index is 0.0568. The molecule has 0 atom stereocenters. The first kappa shape index (κ1) is 7.59. The summed E-state index contributed by atoms with van der Waals surface area (Å²) in [6, 6.07) is 0. The van der Waals surface area contributed by atoms with Gasteiger partial charge in [0, 0.05) is 6.92 Å². The third kappa shape index (κ3) is 1.96. The zero-order valence-corrected chi connectivity index (χ0v) is 6.35. The van der Waals surface area contributed by atoms with E-state index in [1.54, 1.807) is 6.92 Å². The van der Waals surface area contributed by atoms with E-state index in [9.17, 15) is 4.79 Å². The van der Waals surface area contributed by atoms with Gasteiger partial charge in [-0.3, -0.25) is 4.79 Å². The van der Waals surface area contributed by atoms with E-state index < -0.39 is 0 Å². The molecule has 0 spiro atoms. The van der Waals surface area contributed by atoms with Crippen molar-refractivity contribution >= 4 is 11.5 Å². The van der Waals surface area contributed by atoms with Gasteiger partial charge in [-0.05, 0) is 6.92 Å². The molecule has 5 nitrogen and oxygen atoms in total. The van der Waals surface area contributed by atoms with Crippen molar-refractivity contribution in [1.82, 2.24) is 14.9 Å². The standard InChI is InChI=1S/C6H8N4O/c1-5(6(2)11)9-10-3-7-8-4-10/h3-4H,1-2H3/b9-5+. The summed E-state index contributed by atoms with van der Waals surface area (Å²) in [7, 11) is 0. The molecular formula is C6H8N4O. The van der Waals surface area contributed by atoms with E-state index in [1.165, 1.54) is 24.3 Å². The van der Waals surface area contributed by atoms with Gasteiger partial charge in [0.1, 0.15) is 18.4 Å². The molecule has 0 bridgehead atoms. The molecule has 0 aliphatic carbocycles. The summed E-state index contributed by atoms with van der Waals surface area (Å²) in [5.74, 6) is -0.0568. The Balaban J connectivity index is 2.82. The molecule has 58 valence electrons. The van der Waals surface area contributed by atoms with Gasteiger partial charge < -0.3 is 0 Å². The van der Waals surface area contributed by atoms with Gasteiger partial charge in [0.2, 0.25) is 0 Å². The van der Waals surface area contributed by atoms with E-state index in [0.717, 1.165) is 0 Å². The van der Waals surface area contributed by atoms with Crippen LogP contribution in [-0.4, -0.2) is 26.4 Å². The third-order valence-electron chi connectivity index (χ3n) is 1.18. The van der Waals surface area contributed by atoms with Crippen molar-refractivity contribution in [2.75, 3.05) is 0 Å². The molecule has 1 aromatic heterocycles. The highest BCUT2D eigenvalue weighted by molar-refractivity contribution is 6.37. The molecular weight excluding hydrogens is 144 g/mol. The number of hydrogen-bond acceptors (Lipinski definition) is 4. The van der Waals surface area contributed by atoms with Crippen molar-refractivity contribution in [2.45, 2.75) is 13.8 Å². The lowest BCUT2D eigenvalue weighted by atomic mass is 10.3. The Labute approximate surface area is 63.7 Å². The second kappa shape index (κ2) is 3.05. The first-order chi connectivity index (χ1) is 5.20. The molecule has 11 heavy (non-hydrogen) atoms. The topological polar surface area (TPSA) is 60.1 Å². The summed E-state index contributed by atoms with van der Waals surface area (Å²) < 4.78 is 1.39. The molecule has 0 saturated heterocycles. The van der Waals surface area contributed by atoms with Gasteiger partial charge in [-0.25, -0.2) is 4.68 Å². The van der Waals surface area contributed by atoms with E-state index in [0.29, 0.717) is 5.71 Å². The molecule has 1 rings (SSSR count). The van der Waals surface area contributed by atoms with Gasteiger partial charge in [-0.1, -0.05) is 0 Å². The maximum Gasteiger partial charge on any atom is 0.175 e. The summed E-state index contributed by atoms with van der Waals surface area (Å²) in [5, 5.41) is 10.9. The Morgan fingerprint density at radius 1 is 1.36 bits per heavy atom. The Kier molecular flexibility index (Phi) is 2.10. The highest BCUT2D eigenvalue weighted by Gasteiger charge is 1.96. The molecule has 0 aromatic carbocycles. The van der Waals surface area contributed by atoms with Gasteiger partial charge >= 0.3 is 0 Å². The normalized spacial score (nSPS) is 11.6. The molecule has 5 heteroatoms. The largest absolute Gasteiger partial charge is 0.293 e. The van der Waals surface area contributed by atoms with E-state index in [4.69, 9.17) is 0 Å². The minimum atomic E-state index is -0.0568. The first-order valence-electron chi connectivity index (χ1n) is 3.11. The zero-order chi connectivity index (χ0) is 8.27. The van der Waals surface area contributed by atoms with Gasteiger partial charge in [-0.2, -0.15) is 5.10 Å². The molecule has 1 heterocycles. The SMILES string of the molecule is CC(=O)/C(C)=N/n1cnnc1. The fourth-order valence-electron chi connectivity index (χ4n) is 0.491. The average Bonchev–Trinajstić information content (AvgIpc) is 2.39. The van der Waals surface area contributed by atoms with Gasteiger partial charge in [0.15, 0.2) is 5.78 Å². The van der Waals surface area contributed by atoms with Crippen LogP contribution in [-0.2, 0) is 4.79 Å². The van der Waals surface area contributed by atoms with Crippen molar-refractivity contribution in [3.05, 3.63) is 12.7 Å². The molecule has 0 amide bonds. The highest BCUT2D eigenvalue weighted by Crippen LogP contribution is 1.84. The van der Waals surface area contributed by atoms with Gasteiger partial charge in [0.05, 0.1) is 0 Å². The number of ketones is 1. The number of hydrogen-bond donors (Lipinski definition) is 0. The van der Waals surface area contributed by atoms with Gasteiger partial charge in [-0.15, -0.1) is 10.2 Å². The predicted octanol–water partition coefficient (Wildman–Crippen LogP) is 0.0911. The van der Waals surface area contributed by atoms with Crippen molar-refractivity contribution < 1.29 is 4.79 Å². The molecule has 0 radical (unpaired) electrons. The summed E-state index contributed by atoms with van der Waals surface area (Å²) in [4.78, 5) is 10.7. The second-order valence-corrected chi connectivity index (χ2v) is 2.08. The summed E-state index contributed by atoms with van der Waals surface area (Å²) in [6.45, 7) is 3.10. The number of aromatic nitrogens is 3. The van der Waals surface area contributed by atoms with Crippen molar-refractivity contribution in [3.63, 3.8) is 0 Å². The van der Waals surface area contributed by atoms with Crippen LogP contribution in [0.4, 0.5) is 0 Å². The van der Waals surface area contributed by atoms with Crippen LogP contribution in [0.5, 0.6) is 0 Å². The van der Waals surface area contributed by atoms with E-state index >= 15 is 0 Å². The predicted molar refractivity (Wildman–Crippen MR) is 39.2 cm³/mol. The van der Waals surface area contributed by atoms with Crippen molar-refractivity contribution in [1.29, 1.82) is 0 Å². The summed E-state index contributed by atoms with van der Waals surface area (Å²) in [6.07, 6.45) is 2.85. The van der Waals surface area contributed by atoms with Crippen LogP contribution >= 0.6 is 0 Å². The summed E-state index contributed by atoms with van der Waals surface area (Å²) >= 11 is 0. The Morgan fingerprint density at radius 2 is 1.91 bits per heavy atom. The molecule has 0 saturated carbocycles. The van der Waals surface area contributed by atoms with Gasteiger partial charge in [0.25, 0.3) is 0 Å². The number of Topliss-reactive ketones (excluding diaryl/α,β-unsaturated/α-hetero) is 1. The van der Waals surface area contributed by atoms with E-state index in [-0.39, 0.29) is 5.78 Å². The lowest BCUT2D eigenvalue weighted by Gasteiger charge is -1.92. The smallest absolute Gasteiger partial charge is 0.175 e. The molecule has 0 fully saturated rings. The molecule has 0 unspecified atom stereocenters. The van der Waals surface area contributed by atoms with Crippen molar-refractivity contribution in [2.24, 2.45) is 5.10 Å². The Bertz CT molecular complexity index is 275. The quantitative estimate of drug-likeness (QED) is 0.564. The van der Waals surface area contributed by atoms with Crippen LogP contribution in [0.3, 0.4) is 0 Å². The maximum absolute atomic E-state index is 10.7. The number of carbonyl (C=O) groups excluding carboxylic acids is 1. The average molecular weight is 152 g/mol. The highest BCUT2D eigenvalue weighted by atomic mass is 16.1. The summed E-state index contributed by atoms with van der Waals surface area (Å²) in [5.41, 5.74) is 0.435. The Morgan fingerprint density at radius 3 is 2.36 bits per heavy atom. The lowest BCUT2D eigenvalue weighted by molar-refractivity contribution is -0.111. The molecule has 0 aliphatic rings. The molecule has 0 aliphatic heterocycles. The lowest BCUT2D eigenvalue weighted by Crippen LogP contribution is -2.06. The number of carbonyl (C=O) groups is 1. The Hall–Kier alpha value is -1.52. The number of nitrogens with zero attached hydrogens (tertiary/aromatic N) is 4. The zero-order valence-electron chi connectivity index (χ0n) is 6.35. The monoisotopic (exact) mass is 152 g/mol. The maximum atomic E-state index is 10.7. The first-order valence-corrected chi connectivity index (χ1v) is 3.11. The molecule has 1 aromatic rings. The van der Waals surface area contributed by atoms with Crippen LogP contribution in [0, 0.1) is 0 Å². The molecule has 0 N–H and O–H groups in total. The number of rotatable bonds is 2. The van der Waals surface area contributed by atoms with Crippen LogP contribution < -0.4 is 0 Å². The van der Waals surface area contributed by atoms with Crippen LogP contribution in [0.15, 0.2) is 17.8 Å².